The molecule has 162 valence electrons. The Morgan fingerprint density at radius 3 is 2.61 bits per heavy atom. The molecule has 0 radical (unpaired) electrons. The van der Waals surface area contributed by atoms with Gasteiger partial charge in [0.1, 0.15) is 5.75 Å². The molecule has 0 unspecified atom stereocenters. The number of ether oxygens (including phenoxy) is 1. The monoisotopic (exact) mass is 435 g/mol. The van der Waals surface area contributed by atoms with Gasteiger partial charge in [0.25, 0.3) is 5.56 Å². The molecule has 1 saturated carbocycles. The fourth-order valence-corrected chi connectivity index (χ4v) is 4.49. The number of pyridine rings is 1. The van der Waals surface area contributed by atoms with Crippen molar-refractivity contribution in [3.05, 3.63) is 76.1 Å². The van der Waals surface area contributed by atoms with E-state index in [4.69, 9.17) is 17.0 Å². The second-order valence-electron chi connectivity index (χ2n) is 8.20. The highest BCUT2D eigenvalue weighted by Crippen LogP contribution is 2.21. The summed E-state index contributed by atoms with van der Waals surface area (Å²) in [6, 6.07) is 18.3. The average Bonchev–Trinajstić information content (AvgIpc) is 2.80. The van der Waals surface area contributed by atoms with Crippen LogP contribution in [0.5, 0.6) is 5.75 Å². The summed E-state index contributed by atoms with van der Waals surface area (Å²) >= 11 is 5.82. The van der Waals surface area contributed by atoms with Gasteiger partial charge in [-0.05, 0) is 54.9 Å². The first-order chi connectivity index (χ1) is 15.1. The highest BCUT2D eigenvalue weighted by molar-refractivity contribution is 7.80. The van der Waals surface area contributed by atoms with Gasteiger partial charge in [0, 0.05) is 29.1 Å². The zero-order valence-electron chi connectivity index (χ0n) is 17.9. The number of methoxy groups -OCH3 is 1. The maximum atomic E-state index is 12.8. The van der Waals surface area contributed by atoms with E-state index >= 15 is 0 Å². The molecule has 1 heterocycles. The first-order valence-electron chi connectivity index (χ1n) is 10.9. The molecular weight excluding hydrogens is 406 g/mol. The van der Waals surface area contributed by atoms with Crippen molar-refractivity contribution >= 4 is 28.2 Å². The van der Waals surface area contributed by atoms with E-state index in [1.54, 1.807) is 7.11 Å². The molecule has 0 amide bonds. The SMILES string of the molecule is COc1ccc2[nH]c(=O)c(CN(Cc3ccccc3)C(=S)NC3CCCCC3)cc2c1. The molecule has 0 aliphatic heterocycles. The normalized spacial score (nSPS) is 14.4. The lowest BCUT2D eigenvalue weighted by atomic mass is 9.96. The van der Waals surface area contributed by atoms with Crippen LogP contribution in [0.25, 0.3) is 10.9 Å². The standard InChI is InChI=1S/C25H29N3O2S/c1-30-22-12-13-23-19(15-22)14-20(24(29)27-23)17-28(16-18-8-4-2-5-9-18)25(31)26-21-10-6-3-7-11-21/h2,4-5,8-9,12-15,21H,3,6-7,10-11,16-17H2,1H3,(H,26,31)(H,27,29). The lowest BCUT2D eigenvalue weighted by molar-refractivity contribution is 0.362. The maximum absolute atomic E-state index is 12.8. The van der Waals surface area contributed by atoms with Crippen molar-refractivity contribution < 1.29 is 4.74 Å². The Kier molecular flexibility index (Phi) is 6.87. The van der Waals surface area contributed by atoms with Crippen LogP contribution in [-0.4, -0.2) is 28.1 Å². The Hall–Kier alpha value is -2.86. The van der Waals surface area contributed by atoms with E-state index in [1.807, 2.05) is 42.5 Å². The van der Waals surface area contributed by atoms with Gasteiger partial charge in [0.05, 0.1) is 13.7 Å². The van der Waals surface area contributed by atoms with E-state index in [0.29, 0.717) is 29.8 Å². The molecule has 0 spiro atoms. The van der Waals surface area contributed by atoms with Gasteiger partial charge in [-0.25, -0.2) is 0 Å². The summed E-state index contributed by atoms with van der Waals surface area (Å²) in [4.78, 5) is 17.9. The zero-order valence-corrected chi connectivity index (χ0v) is 18.7. The van der Waals surface area contributed by atoms with Gasteiger partial charge in [-0.3, -0.25) is 4.79 Å². The Labute approximate surface area is 188 Å². The molecular formula is C25H29N3O2S. The molecule has 0 atom stereocenters. The van der Waals surface area contributed by atoms with Crippen molar-refractivity contribution in [2.24, 2.45) is 0 Å². The summed E-state index contributed by atoms with van der Waals surface area (Å²) in [6.07, 6.45) is 6.08. The second-order valence-corrected chi connectivity index (χ2v) is 8.59. The minimum Gasteiger partial charge on any atom is -0.497 e. The number of hydrogen-bond acceptors (Lipinski definition) is 3. The quantitative estimate of drug-likeness (QED) is 0.548. The van der Waals surface area contributed by atoms with Crippen LogP contribution < -0.4 is 15.6 Å². The van der Waals surface area contributed by atoms with Crippen LogP contribution in [0, 0.1) is 0 Å². The van der Waals surface area contributed by atoms with E-state index in [0.717, 1.165) is 35.1 Å². The third-order valence-electron chi connectivity index (χ3n) is 5.93. The van der Waals surface area contributed by atoms with Gasteiger partial charge in [-0.15, -0.1) is 0 Å². The van der Waals surface area contributed by atoms with Crippen LogP contribution >= 0.6 is 12.2 Å². The first-order valence-corrected chi connectivity index (χ1v) is 11.3. The second kappa shape index (κ2) is 9.96. The molecule has 3 aromatic rings. The fourth-order valence-electron chi connectivity index (χ4n) is 4.20. The number of fused-ring (bicyclic) bond motifs is 1. The molecule has 4 rings (SSSR count). The number of hydrogen-bond donors (Lipinski definition) is 2. The van der Waals surface area contributed by atoms with Crippen molar-refractivity contribution in [2.45, 2.75) is 51.2 Å². The molecule has 1 fully saturated rings. The number of rotatable bonds is 6. The summed E-state index contributed by atoms with van der Waals surface area (Å²) in [6.45, 7) is 1.09. The lowest BCUT2D eigenvalue weighted by Crippen LogP contribution is -2.45. The number of aromatic amines is 1. The highest BCUT2D eigenvalue weighted by atomic mass is 32.1. The summed E-state index contributed by atoms with van der Waals surface area (Å²) in [5.41, 5.74) is 2.56. The van der Waals surface area contributed by atoms with Crippen LogP contribution in [0.15, 0.2) is 59.4 Å². The van der Waals surface area contributed by atoms with Gasteiger partial charge < -0.3 is 19.9 Å². The van der Waals surface area contributed by atoms with Crippen molar-refractivity contribution in [1.82, 2.24) is 15.2 Å². The molecule has 1 aromatic heterocycles. The molecule has 6 heteroatoms. The van der Waals surface area contributed by atoms with Crippen LogP contribution in [0.2, 0.25) is 0 Å². The van der Waals surface area contributed by atoms with Gasteiger partial charge in [-0.2, -0.15) is 0 Å². The molecule has 1 aliphatic rings. The van der Waals surface area contributed by atoms with E-state index < -0.39 is 0 Å². The number of benzene rings is 2. The Balaban J connectivity index is 1.60. The molecule has 2 aromatic carbocycles. The number of H-pyrrole nitrogens is 1. The smallest absolute Gasteiger partial charge is 0.253 e. The van der Waals surface area contributed by atoms with Crippen LogP contribution in [0.1, 0.15) is 43.2 Å². The summed E-state index contributed by atoms with van der Waals surface area (Å²) in [5, 5.41) is 5.21. The maximum Gasteiger partial charge on any atom is 0.253 e. The molecule has 0 saturated heterocycles. The Bertz CT molecular complexity index is 1090. The van der Waals surface area contributed by atoms with E-state index in [-0.39, 0.29) is 5.56 Å². The molecule has 2 N–H and O–H groups in total. The van der Waals surface area contributed by atoms with Gasteiger partial charge in [-0.1, -0.05) is 49.6 Å². The van der Waals surface area contributed by atoms with Crippen molar-refractivity contribution in [2.75, 3.05) is 7.11 Å². The summed E-state index contributed by atoms with van der Waals surface area (Å²) in [5.74, 6) is 0.765. The predicted octanol–water partition coefficient (Wildman–Crippen LogP) is 4.75. The van der Waals surface area contributed by atoms with E-state index in [9.17, 15) is 4.79 Å². The molecule has 5 nitrogen and oxygen atoms in total. The third-order valence-corrected chi connectivity index (χ3v) is 6.30. The third kappa shape index (κ3) is 5.44. The van der Waals surface area contributed by atoms with Crippen LogP contribution in [-0.2, 0) is 13.1 Å². The van der Waals surface area contributed by atoms with Crippen molar-refractivity contribution in [1.29, 1.82) is 0 Å². The minimum absolute atomic E-state index is 0.0869. The van der Waals surface area contributed by atoms with Crippen molar-refractivity contribution in [3.63, 3.8) is 0 Å². The van der Waals surface area contributed by atoms with Gasteiger partial charge >= 0.3 is 0 Å². The van der Waals surface area contributed by atoms with Crippen LogP contribution in [0.4, 0.5) is 0 Å². The lowest BCUT2D eigenvalue weighted by Gasteiger charge is -2.31. The van der Waals surface area contributed by atoms with Gasteiger partial charge in [0.15, 0.2) is 5.11 Å². The summed E-state index contributed by atoms with van der Waals surface area (Å²) in [7, 11) is 1.64. The van der Waals surface area contributed by atoms with Crippen molar-refractivity contribution in [3.8, 4) is 5.75 Å². The number of nitrogens with one attached hydrogen (secondary N) is 2. The van der Waals surface area contributed by atoms with Crippen LogP contribution in [0.3, 0.4) is 0 Å². The zero-order chi connectivity index (χ0) is 21.6. The molecule has 0 bridgehead atoms. The number of nitrogens with zero attached hydrogens (tertiary/aromatic N) is 1. The number of aromatic nitrogens is 1. The molecule has 31 heavy (non-hydrogen) atoms. The Morgan fingerprint density at radius 2 is 1.87 bits per heavy atom. The number of thiocarbonyl (C=S) groups is 1. The minimum atomic E-state index is -0.0869. The largest absolute Gasteiger partial charge is 0.497 e. The predicted molar refractivity (Wildman–Crippen MR) is 129 cm³/mol. The van der Waals surface area contributed by atoms with E-state index in [1.165, 1.54) is 19.3 Å². The summed E-state index contributed by atoms with van der Waals surface area (Å²) < 4.78 is 5.34. The average molecular weight is 436 g/mol. The Morgan fingerprint density at radius 1 is 1.10 bits per heavy atom. The topological polar surface area (TPSA) is 57.4 Å². The first kappa shape index (κ1) is 21.4. The van der Waals surface area contributed by atoms with E-state index in [2.05, 4.69) is 27.3 Å². The highest BCUT2D eigenvalue weighted by Gasteiger charge is 2.19. The fraction of sp³-hybridized carbons (Fsp3) is 0.360. The molecule has 1 aliphatic carbocycles. The van der Waals surface area contributed by atoms with Gasteiger partial charge in [0.2, 0.25) is 0 Å².